The fraction of sp³-hybridized carbons (Fsp3) is 0.600. The summed E-state index contributed by atoms with van der Waals surface area (Å²) >= 11 is 1.83. The van der Waals surface area contributed by atoms with Crippen molar-refractivity contribution in [3.05, 3.63) is 52.7 Å². The largest absolute Gasteiger partial charge is 0.330 e. The van der Waals surface area contributed by atoms with Gasteiger partial charge in [-0.1, -0.05) is 56.5 Å². The molecule has 0 bridgehead atoms. The lowest BCUT2D eigenvalue weighted by molar-refractivity contribution is 0.362. The summed E-state index contributed by atoms with van der Waals surface area (Å²) in [6.45, 7) is 11.2. The number of benzene rings is 1. The third kappa shape index (κ3) is 5.22. The summed E-state index contributed by atoms with van der Waals surface area (Å²) in [5.74, 6) is 1.28. The van der Waals surface area contributed by atoms with Gasteiger partial charge in [-0.15, -0.1) is 0 Å². The van der Waals surface area contributed by atoms with Gasteiger partial charge >= 0.3 is 0 Å². The second-order valence-corrected chi connectivity index (χ2v) is 9.41. The maximum Gasteiger partial charge on any atom is 0.0348 e. The topological polar surface area (TPSA) is 12.0 Å². The van der Waals surface area contributed by atoms with E-state index in [0.717, 1.165) is 0 Å². The van der Waals surface area contributed by atoms with Crippen LogP contribution < -0.4 is 4.72 Å². The summed E-state index contributed by atoms with van der Waals surface area (Å²) in [6.07, 6.45) is 15.4. The van der Waals surface area contributed by atoms with Gasteiger partial charge in [0, 0.05) is 16.5 Å². The molecule has 0 aromatic heterocycles. The lowest BCUT2D eigenvalue weighted by Crippen LogP contribution is -2.20. The molecule has 0 amide bonds. The molecule has 148 valence electrons. The van der Waals surface area contributed by atoms with Gasteiger partial charge in [-0.05, 0) is 93.3 Å². The molecule has 1 nitrogen and oxygen atoms in total. The van der Waals surface area contributed by atoms with Crippen LogP contribution in [0.2, 0.25) is 0 Å². The maximum atomic E-state index is 4.31. The molecule has 2 aliphatic carbocycles. The Bertz CT molecular complexity index is 684. The SMILES string of the molecule is C=C(NSc1c(CCCCC)ccc(C2C=C(C)CCC2)c1C)C1CCC1. The number of hydrogen-bond donors (Lipinski definition) is 1. The minimum Gasteiger partial charge on any atom is -0.330 e. The molecule has 1 aromatic rings. The van der Waals surface area contributed by atoms with Crippen LogP contribution >= 0.6 is 11.9 Å². The van der Waals surface area contributed by atoms with Gasteiger partial charge in [-0.2, -0.15) is 0 Å². The second-order valence-electron chi connectivity index (χ2n) is 8.59. The second kappa shape index (κ2) is 9.87. The molecule has 0 radical (unpaired) electrons. The van der Waals surface area contributed by atoms with Crippen molar-refractivity contribution in [3.63, 3.8) is 0 Å². The van der Waals surface area contributed by atoms with Crippen LogP contribution in [0, 0.1) is 12.8 Å². The third-order valence-electron chi connectivity index (χ3n) is 6.43. The van der Waals surface area contributed by atoms with Gasteiger partial charge in [-0.25, -0.2) is 0 Å². The summed E-state index contributed by atoms with van der Waals surface area (Å²) in [4.78, 5) is 1.46. The van der Waals surface area contributed by atoms with E-state index in [1.807, 2.05) is 11.9 Å². The summed E-state index contributed by atoms with van der Waals surface area (Å²) in [5.41, 5.74) is 7.32. The average molecular weight is 384 g/mol. The zero-order valence-corrected chi connectivity index (χ0v) is 18.4. The van der Waals surface area contributed by atoms with Crippen molar-refractivity contribution in [1.82, 2.24) is 4.72 Å². The quantitative estimate of drug-likeness (QED) is 0.265. The molecular formula is C25H37NS. The van der Waals surface area contributed by atoms with Crippen molar-refractivity contribution < 1.29 is 0 Å². The molecule has 0 heterocycles. The Morgan fingerprint density at radius 1 is 1.15 bits per heavy atom. The van der Waals surface area contributed by atoms with E-state index in [1.165, 1.54) is 91.5 Å². The first-order chi connectivity index (χ1) is 13.1. The molecule has 0 aliphatic heterocycles. The van der Waals surface area contributed by atoms with Crippen molar-refractivity contribution in [2.24, 2.45) is 5.92 Å². The number of unbranched alkanes of at least 4 members (excludes halogenated alkanes) is 2. The maximum absolute atomic E-state index is 4.31. The van der Waals surface area contributed by atoms with Crippen LogP contribution in [0.25, 0.3) is 0 Å². The van der Waals surface area contributed by atoms with Crippen LogP contribution in [0.4, 0.5) is 0 Å². The minimum absolute atomic E-state index is 0.595. The van der Waals surface area contributed by atoms with E-state index >= 15 is 0 Å². The normalized spacial score (nSPS) is 20.1. The van der Waals surface area contributed by atoms with E-state index in [9.17, 15) is 0 Å². The molecule has 1 atom stereocenters. The van der Waals surface area contributed by atoms with E-state index in [1.54, 1.807) is 5.57 Å². The van der Waals surface area contributed by atoms with Gasteiger partial charge in [-0.3, -0.25) is 0 Å². The number of allylic oxidation sites excluding steroid dienone is 3. The van der Waals surface area contributed by atoms with Crippen molar-refractivity contribution in [1.29, 1.82) is 0 Å². The van der Waals surface area contributed by atoms with Crippen LogP contribution in [0.15, 0.2) is 41.0 Å². The molecular weight excluding hydrogens is 346 g/mol. The summed E-state index contributed by atoms with van der Waals surface area (Å²) < 4.78 is 3.62. The molecule has 1 unspecified atom stereocenters. The average Bonchev–Trinajstić information content (AvgIpc) is 2.60. The Balaban J connectivity index is 1.81. The van der Waals surface area contributed by atoms with E-state index in [0.29, 0.717) is 11.8 Å². The Kier molecular flexibility index (Phi) is 7.52. The predicted octanol–water partition coefficient (Wildman–Crippen LogP) is 7.85. The molecule has 1 saturated carbocycles. The standard InChI is InChI=1S/C25H37NS/c1-5-6-7-11-22-15-16-24(23-14-8-10-18(2)17-23)19(3)25(22)27-26-20(4)21-12-9-13-21/h15-17,21,23,26H,4-14H2,1-3H3. The Morgan fingerprint density at radius 3 is 2.63 bits per heavy atom. The van der Waals surface area contributed by atoms with Crippen molar-refractivity contribution >= 4 is 11.9 Å². The minimum atomic E-state index is 0.595. The monoisotopic (exact) mass is 383 g/mol. The summed E-state index contributed by atoms with van der Waals surface area (Å²) in [7, 11) is 0. The fourth-order valence-corrected chi connectivity index (χ4v) is 5.35. The lowest BCUT2D eigenvalue weighted by atomic mass is 9.83. The summed E-state index contributed by atoms with van der Waals surface area (Å²) in [6, 6.07) is 4.83. The third-order valence-corrected chi connectivity index (χ3v) is 7.57. The van der Waals surface area contributed by atoms with Crippen molar-refractivity contribution in [2.75, 3.05) is 0 Å². The first kappa shape index (κ1) is 20.6. The van der Waals surface area contributed by atoms with Gasteiger partial charge in [0.25, 0.3) is 0 Å². The first-order valence-corrected chi connectivity index (χ1v) is 11.8. The van der Waals surface area contributed by atoms with E-state index < -0.39 is 0 Å². The zero-order valence-electron chi connectivity index (χ0n) is 17.6. The molecule has 1 aromatic carbocycles. The number of aryl methyl sites for hydroxylation is 1. The predicted molar refractivity (Wildman–Crippen MR) is 120 cm³/mol. The van der Waals surface area contributed by atoms with Gasteiger partial charge in [0.2, 0.25) is 0 Å². The van der Waals surface area contributed by atoms with Crippen LogP contribution in [0.3, 0.4) is 0 Å². The molecule has 2 aliphatic rings. The summed E-state index contributed by atoms with van der Waals surface area (Å²) in [5, 5.41) is 0. The fourth-order valence-electron chi connectivity index (χ4n) is 4.38. The van der Waals surface area contributed by atoms with Gasteiger partial charge in [0.05, 0.1) is 0 Å². The Morgan fingerprint density at radius 2 is 1.96 bits per heavy atom. The molecule has 3 rings (SSSR count). The van der Waals surface area contributed by atoms with Crippen molar-refractivity contribution in [2.45, 2.75) is 95.8 Å². The number of hydrogen-bond acceptors (Lipinski definition) is 2. The van der Waals surface area contributed by atoms with Crippen LogP contribution in [-0.2, 0) is 6.42 Å². The zero-order chi connectivity index (χ0) is 19.2. The number of rotatable bonds is 9. The van der Waals surface area contributed by atoms with Crippen LogP contribution in [-0.4, -0.2) is 0 Å². The van der Waals surface area contributed by atoms with Gasteiger partial charge in [0.15, 0.2) is 0 Å². The highest BCUT2D eigenvalue weighted by molar-refractivity contribution is 7.97. The number of nitrogens with one attached hydrogen (secondary N) is 1. The van der Waals surface area contributed by atoms with Crippen molar-refractivity contribution in [3.8, 4) is 0 Å². The lowest BCUT2D eigenvalue weighted by Gasteiger charge is -2.29. The molecule has 1 fully saturated rings. The highest BCUT2D eigenvalue weighted by Gasteiger charge is 2.22. The van der Waals surface area contributed by atoms with Gasteiger partial charge in [0.1, 0.15) is 0 Å². The van der Waals surface area contributed by atoms with E-state index in [-0.39, 0.29) is 0 Å². The molecule has 0 spiro atoms. The highest BCUT2D eigenvalue weighted by Crippen LogP contribution is 2.39. The molecule has 2 heteroatoms. The highest BCUT2D eigenvalue weighted by atomic mass is 32.2. The van der Waals surface area contributed by atoms with Gasteiger partial charge < -0.3 is 4.72 Å². The van der Waals surface area contributed by atoms with Crippen LogP contribution in [0.5, 0.6) is 0 Å². The Labute approximate surface area is 171 Å². The molecule has 0 saturated heterocycles. The molecule has 1 N–H and O–H groups in total. The Hall–Kier alpha value is -1.15. The van der Waals surface area contributed by atoms with Crippen LogP contribution in [0.1, 0.15) is 94.2 Å². The smallest absolute Gasteiger partial charge is 0.0348 e. The van der Waals surface area contributed by atoms with E-state index in [2.05, 4.69) is 50.3 Å². The van der Waals surface area contributed by atoms with E-state index in [4.69, 9.17) is 0 Å². The first-order valence-electron chi connectivity index (χ1n) is 11.0. The molecule has 27 heavy (non-hydrogen) atoms.